The van der Waals surface area contributed by atoms with Crippen molar-refractivity contribution in [3.05, 3.63) is 114 Å². The van der Waals surface area contributed by atoms with Crippen molar-refractivity contribution >= 4 is 23.3 Å². The second-order valence-electron chi connectivity index (χ2n) is 10.4. The molecular formula is C35H37N3O6S. The Morgan fingerprint density at radius 3 is 2.31 bits per heavy atom. The molecule has 1 aliphatic rings. The van der Waals surface area contributed by atoms with Crippen LogP contribution in [0.15, 0.2) is 87.8 Å². The van der Waals surface area contributed by atoms with Gasteiger partial charge in [-0.1, -0.05) is 47.7 Å². The summed E-state index contributed by atoms with van der Waals surface area (Å²) in [7, 11) is 4.73. The van der Waals surface area contributed by atoms with Crippen LogP contribution in [-0.2, 0) is 11.4 Å². The maximum absolute atomic E-state index is 14.2. The average Bonchev–Trinajstić information content (AvgIpc) is 3.37. The summed E-state index contributed by atoms with van der Waals surface area (Å²) in [6.07, 6.45) is 1.80. The maximum Gasteiger partial charge on any atom is 0.271 e. The Morgan fingerprint density at radius 1 is 0.933 bits per heavy atom. The van der Waals surface area contributed by atoms with Crippen LogP contribution < -0.4 is 33.8 Å². The van der Waals surface area contributed by atoms with Crippen LogP contribution in [-0.4, -0.2) is 49.8 Å². The molecule has 0 aliphatic carbocycles. The summed E-state index contributed by atoms with van der Waals surface area (Å²) in [5.41, 5.74) is 3.14. The molecule has 0 bridgehead atoms. The number of fused-ring (bicyclic) bond motifs is 1. The molecule has 1 aliphatic heterocycles. The number of ether oxygens (including phenoxy) is 4. The van der Waals surface area contributed by atoms with Crippen LogP contribution in [0.5, 0.6) is 23.0 Å². The molecule has 0 spiro atoms. The summed E-state index contributed by atoms with van der Waals surface area (Å²) in [5, 5.41) is 0. The van der Waals surface area contributed by atoms with Crippen molar-refractivity contribution in [2.24, 2.45) is 4.99 Å². The number of carbonyl (C=O) groups excluding carboxylic acids is 1. The summed E-state index contributed by atoms with van der Waals surface area (Å²) in [4.78, 5) is 35.2. The first kappa shape index (κ1) is 31.6. The molecule has 1 atom stereocenters. The fourth-order valence-electron chi connectivity index (χ4n) is 5.40. The standard InChI is InChI=1S/C35H37N3O6S/c1-7-37(8-2)34(40)31-22(3)36-35-38(32(31)26-20-25(41-4)15-17-27(26)42-5)33(39)30(45-35)19-24-14-16-28(29(18-24)43-6)44-21-23-12-10-9-11-13-23/h9-20,32H,7-8,21H2,1-6H3/b30-19+/t32-/m0/s1. The Labute approximate surface area is 266 Å². The lowest BCUT2D eigenvalue weighted by Crippen LogP contribution is -2.43. The van der Waals surface area contributed by atoms with Crippen molar-refractivity contribution in [2.45, 2.75) is 33.4 Å². The first-order chi connectivity index (χ1) is 21.8. The van der Waals surface area contributed by atoms with E-state index in [-0.39, 0.29) is 11.5 Å². The number of amides is 1. The summed E-state index contributed by atoms with van der Waals surface area (Å²) in [6, 6.07) is 20.0. The lowest BCUT2D eigenvalue weighted by molar-refractivity contribution is -0.127. The van der Waals surface area contributed by atoms with Crippen LogP contribution in [0.2, 0.25) is 0 Å². The molecule has 3 aromatic carbocycles. The predicted octanol–water partition coefficient (Wildman–Crippen LogP) is 4.71. The third-order valence-electron chi connectivity index (χ3n) is 7.76. The van der Waals surface area contributed by atoms with Crippen molar-refractivity contribution in [1.82, 2.24) is 9.47 Å². The number of nitrogens with zero attached hydrogens (tertiary/aromatic N) is 3. The fraction of sp³-hybridized carbons (Fsp3) is 0.286. The lowest BCUT2D eigenvalue weighted by atomic mass is 9.93. The minimum absolute atomic E-state index is 0.179. The number of allylic oxidation sites excluding steroid dienone is 1. The Hall–Kier alpha value is -4.83. The zero-order chi connectivity index (χ0) is 32.1. The maximum atomic E-state index is 14.2. The van der Waals surface area contributed by atoms with Crippen LogP contribution in [0, 0.1) is 0 Å². The van der Waals surface area contributed by atoms with Crippen LogP contribution >= 0.6 is 11.3 Å². The predicted molar refractivity (Wildman–Crippen MR) is 175 cm³/mol. The molecule has 2 heterocycles. The Balaban J connectivity index is 1.62. The number of hydrogen-bond donors (Lipinski definition) is 0. The highest BCUT2D eigenvalue weighted by molar-refractivity contribution is 7.07. The summed E-state index contributed by atoms with van der Waals surface area (Å²) >= 11 is 1.27. The van der Waals surface area contributed by atoms with E-state index < -0.39 is 6.04 Å². The zero-order valence-corrected chi connectivity index (χ0v) is 27.1. The molecule has 0 fully saturated rings. The highest BCUT2D eigenvalue weighted by Crippen LogP contribution is 2.38. The quantitative estimate of drug-likeness (QED) is 0.239. The van der Waals surface area contributed by atoms with Gasteiger partial charge < -0.3 is 23.8 Å². The van der Waals surface area contributed by atoms with Gasteiger partial charge in [-0.3, -0.25) is 14.2 Å². The molecule has 1 amide bonds. The van der Waals surface area contributed by atoms with E-state index in [0.29, 0.717) is 68.9 Å². The normalized spacial score (nSPS) is 14.4. The van der Waals surface area contributed by atoms with E-state index >= 15 is 0 Å². The Kier molecular flexibility index (Phi) is 9.73. The Bertz CT molecular complexity index is 1910. The minimum atomic E-state index is -0.773. The number of methoxy groups -OCH3 is 3. The number of likely N-dealkylation sites (N-methyl/N-ethyl adjacent to an activating group) is 1. The smallest absolute Gasteiger partial charge is 0.271 e. The SMILES string of the molecule is CCN(CC)C(=O)C1=C(C)N=c2s/c(=C/c3ccc(OCc4ccccc4)c(OC)c3)c(=O)n2[C@H]1c1cc(OC)ccc1OC. The average molecular weight is 628 g/mol. The number of aromatic nitrogens is 1. The molecule has 4 aromatic rings. The van der Waals surface area contributed by atoms with Gasteiger partial charge in [0.2, 0.25) is 0 Å². The summed E-state index contributed by atoms with van der Waals surface area (Å²) in [6.45, 7) is 7.11. The number of rotatable bonds is 11. The van der Waals surface area contributed by atoms with Crippen molar-refractivity contribution in [1.29, 1.82) is 0 Å². The van der Waals surface area contributed by atoms with Crippen LogP contribution in [0.1, 0.15) is 43.5 Å². The van der Waals surface area contributed by atoms with Gasteiger partial charge in [-0.2, -0.15) is 0 Å². The van der Waals surface area contributed by atoms with E-state index in [0.717, 1.165) is 11.1 Å². The van der Waals surface area contributed by atoms with Gasteiger partial charge in [0.15, 0.2) is 16.3 Å². The number of thiazole rings is 1. The molecule has 9 nitrogen and oxygen atoms in total. The van der Waals surface area contributed by atoms with Gasteiger partial charge >= 0.3 is 0 Å². The van der Waals surface area contributed by atoms with Gasteiger partial charge in [-0.25, -0.2) is 4.99 Å². The van der Waals surface area contributed by atoms with Gasteiger partial charge in [0.1, 0.15) is 24.1 Å². The van der Waals surface area contributed by atoms with Crippen molar-refractivity contribution < 1.29 is 23.7 Å². The molecule has 0 saturated carbocycles. The van der Waals surface area contributed by atoms with Crippen molar-refractivity contribution in [3.63, 3.8) is 0 Å². The van der Waals surface area contributed by atoms with Gasteiger partial charge in [0, 0.05) is 18.7 Å². The molecule has 234 valence electrons. The largest absolute Gasteiger partial charge is 0.497 e. The number of hydrogen-bond acceptors (Lipinski definition) is 8. The molecule has 5 rings (SSSR count). The molecule has 0 saturated heterocycles. The van der Waals surface area contributed by atoms with Crippen molar-refractivity contribution in [3.8, 4) is 23.0 Å². The minimum Gasteiger partial charge on any atom is -0.497 e. The topological polar surface area (TPSA) is 91.6 Å². The van der Waals surface area contributed by atoms with Gasteiger partial charge in [0.05, 0.1) is 37.1 Å². The molecular weight excluding hydrogens is 590 g/mol. The van der Waals surface area contributed by atoms with Gasteiger partial charge in [-0.15, -0.1) is 0 Å². The van der Waals surface area contributed by atoms with E-state index in [2.05, 4.69) is 0 Å². The van der Waals surface area contributed by atoms with Crippen LogP contribution in [0.4, 0.5) is 0 Å². The first-order valence-corrected chi connectivity index (χ1v) is 15.5. The zero-order valence-electron chi connectivity index (χ0n) is 26.3. The highest BCUT2D eigenvalue weighted by atomic mass is 32.1. The lowest BCUT2D eigenvalue weighted by Gasteiger charge is -2.30. The molecule has 0 radical (unpaired) electrons. The van der Waals surface area contributed by atoms with E-state index in [1.807, 2.05) is 75.4 Å². The molecule has 10 heteroatoms. The fourth-order valence-corrected chi connectivity index (χ4v) is 6.45. The van der Waals surface area contributed by atoms with Gasteiger partial charge in [-0.05, 0) is 68.3 Å². The summed E-state index contributed by atoms with van der Waals surface area (Å²) < 4.78 is 25.0. The number of benzene rings is 3. The molecule has 1 aromatic heterocycles. The second-order valence-corrected chi connectivity index (χ2v) is 11.4. The number of carbonyl (C=O) groups is 1. The third kappa shape index (κ3) is 6.37. The van der Waals surface area contributed by atoms with E-state index in [9.17, 15) is 9.59 Å². The Morgan fingerprint density at radius 2 is 1.64 bits per heavy atom. The monoisotopic (exact) mass is 627 g/mol. The van der Waals surface area contributed by atoms with Crippen molar-refractivity contribution in [2.75, 3.05) is 34.4 Å². The molecule has 0 N–H and O–H groups in total. The van der Waals surface area contributed by atoms with E-state index in [4.69, 9.17) is 23.9 Å². The van der Waals surface area contributed by atoms with Crippen LogP contribution in [0.3, 0.4) is 0 Å². The molecule has 0 unspecified atom stereocenters. The first-order valence-electron chi connectivity index (χ1n) is 14.7. The highest BCUT2D eigenvalue weighted by Gasteiger charge is 2.36. The van der Waals surface area contributed by atoms with E-state index in [1.165, 1.54) is 11.3 Å². The van der Waals surface area contributed by atoms with E-state index in [1.54, 1.807) is 49.0 Å². The second kappa shape index (κ2) is 13.9. The molecule has 45 heavy (non-hydrogen) atoms. The van der Waals surface area contributed by atoms with Gasteiger partial charge in [0.25, 0.3) is 11.5 Å². The third-order valence-corrected chi connectivity index (χ3v) is 8.74. The summed E-state index contributed by atoms with van der Waals surface area (Å²) in [5.74, 6) is 2.08. The van der Waals surface area contributed by atoms with Crippen LogP contribution in [0.25, 0.3) is 6.08 Å².